The molecule has 0 spiro atoms. The lowest BCUT2D eigenvalue weighted by Crippen LogP contribution is -2.42. The van der Waals surface area contributed by atoms with E-state index in [-0.39, 0.29) is 0 Å². The fourth-order valence-corrected chi connectivity index (χ4v) is 2.67. The molecule has 3 heterocycles. The average Bonchev–Trinajstić information content (AvgIpc) is 3.03. The van der Waals surface area contributed by atoms with Gasteiger partial charge in [0, 0.05) is 25.0 Å². The molecular formula is C16H21N7. The fraction of sp³-hybridized carbons (Fsp3) is 0.375. The predicted octanol–water partition coefficient (Wildman–Crippen LogP) is 1.38. The number of allylic oxidation sites excluding steroid dienone is 1. The van der Waals surface area contributed by atoms with Gasteiger partial charge in [-0.3, -0.25) is 4.98 Å². The van der Waals surface area contributed by atoms with Crippen molar-refractivity contribution >= 4 is 18.1 Å². The lowest BCUT2D eigenvalue weighted by Gasteiger charge is -2.24. The summed E-state index contributed by atoms with van der Waals surface area (Å²) in [4.78, 5) is 12.9. The first-order valence-electron chi connectivity index (χ1n) is 7.78. The molecule has 2 N–H and O–H groups in total. The van der Waals surface area contributed by atoms with Crippen molar-refractivity contribution in [3.63, 3.8) is 0 Å². The zero-order chi connectivity index (χ0) is 16.1. The summed E-state index contributed by atoms with van der Waals surface area (Å²) in [6, 6.07) is 0.385. The van der Waals surface area contributed by atoms with Crippen molar-refractivity contribution < 1.29 is 0 Å². The first-order chi connectivity index (χ1) is 11.3. The fourth-order valence-electron chi connectivity index (χ4n) is 2.67. The molecule has 0 unspecified atom stereocenters. The Bertz CT molecular complexity index is 738. The van der Waals surface area contributed by atoms with E-state index in [2.05, 4.69) is 37.4 Å². The standard InChI is InChI=1S/C16H21N7/c1-3-15(21-12-5-4-6-18-9-12)22-16(17-2)13-10-20-23-8-7-19-11-14(13)23/h3,7-8,10-12,18,21H,2,4-6,9H2,1H3/b15-3-,22-16-/t12-/m1/s1. The van der Waals surface area contributed by atoms with Crippen molar-refractivity contribution in [2.45, 2.75) is 25.8 Å². The number of amidine groups is 1. The summed E-state index contributed by atoms with van der Waals surface area (Å²) in [6.45, 7) is 7.64. The van der Waals surface area contributed by atoms with Gasteiger partial charge in [0.1, 0.15) is 5.82 Å². The number of rotatable bonds is 4. The Hall–Kier alpha value is -2.54. The molecule has 7 nitrogen and oxygen atoms in total. The highest BCUT2D eigenvalue weighted by Crippen LogP contribution is 2.13. The molecule has 2 aromatic rings. The van der Waals surface area contributed by atoms with Gasteiger partial charge < -0.3 is 10.6 Å². The highest BCUT2D eigenvalue weighted by molar-refractivity contribution is 6.06. The second-order valence-corrected chi connectivity index (χ2v) is 5.42. The van der Waals surface area contributed by atoms with E-state index >= 15 is 0 Å². The number of aliphatic imine (C=N–C) groups is 2. The summed E-state index contributed by atoms with van der Waals surface area (Å²) in [6.07, 6.45) is 11.2. The molecule has 23 heavy (non-hydrogen) atoms. The van der Waals surface area contributed by atoms with Gasteiger partial charge in [-0.1, -0.05) is 0 Å². The van der Waals surface area contributed by atoms with Crippen molar-refractivity contribution in [1.82, 2.24) is 25.2 Å². The molecule has 1 saturated heterocycles. The van der Waals surface area contributed by atoms with E-state index in [4.69, 9.17) is 0 Å². The minimum atomic E-state index is 0.385. The minimum Gasteiger partial charge on any atom is -0.366 e. The SMILES string of the molecule is C=N/C(=N\C(=C/C)N[C@@H]1CCCNC1)c1cnn2ccncc12. The molecule has 0 aliphatic carbocycles. The van der Waals surface area contributed by atoms with Crippen molar-refractivity contribution in [2.24, 2.45) is 9.98 Å². The largest absolute Gasteiger partial charge is 0.366 e. The number of nitrogens with zero attached hydrogens (tertiary/aromatic N) is 5. The van der Waals surface area contributed by atoms with E-state index in [0.29, 0.717) is 11.9 Å². The quantitative estimate of drug-likeness (QED) is 0.660. The molecule has 0 bridgehead atoms. The van der Waals surface area contributed by atoms with Crippen molar-refractivity contribution in [1.29, 1.82) is 0 Å². The van der Waals surface area contributed by atoms with Gasteiger partial charge in [0.25, 0.3) is 0 Å². The lowest BCUT2D eigenvalue weighted by atomic mass is 10.1. The molecule has 0 saturated carbocycles. The van der Waals surface area contributed by atoms with Crippen LogP contribution in [0.15, 0.2) is 46.7 Å². The maximum absolute atomic E-state index is 4.63. The molecule has 0 aromatic carbocycles. The summed E-state index contributed by atoms with van der Waals surface area (Å²) in [5.41, 5.74) is 1.67. The monoisotopic (exact) mass is 311 g/mol. The van der Waals surface area contributed by atoms with Crippen LogP contribution in [-0.4, -0.2) is 46.3 Å². The molecule has 1 aliphatic heterocycles. The normalized spacial score (nSPS) is 19.8. The van der Waals surface area contributed by atoms with Crippen LogP contribution in [0.4, 0.5) is 0 Å². The van der Waals surface area contributed by atoms with Gasteiger partial charge in [-0.25, -0.2) is 14.5 Å². The van der Waals surface area contributed by atoms with Crippen LogP contribution in [0.25, 0.3) is 5.52 Å². The summed E-state index contributed by atoms with van der Waals surface area (Å²) in [5, 5.41) is 11.1. The summed E-state index contributed by atoms with van der Waals surface area (Å²) in [5.74, 6) is 1.33. The Kier molecular flexibility index (Phi) is 4.77. The Morgan fingerprint density at radius 1 is 1.52 bits per heavy atom. The van der Waals surface area contributed by atoms with Crippen LogP contribution >= 0.6 is 0 Å². The third-order valence-electron chi connectivity index (χ3n) is 3.86. The molecule has 7 heteroatoms. The number of fused-ring (bicyclic) bond motifs is 1. The highest BCUT2D eigenvalue weighted by atomic mass is 15.2. The zero-order valence-corrected chi connectivity index (χ0v) is 13.2. The van der Waals surface area contributed by atoms with Crippen LogP contribution in [-0.2, 0) is 0 Å². The molecule has 0 amide bonds. The molecule has 3 rings (SSSR count). The van der Waals surface area contributed by atoms with E-state index in [0.717, 1.165) is 36.4 Å². The summed E-state index contributed by atoms with van der Waals surface area (Å²) >= 11 is 0. The van der Waals surface area contributed by atoms with E-state index < -0.39 is 0 Å². The number of hydrogen-bond donors (Lipinski definition) is 2. The first kappa shape index (κ1) is 15.4. The third-order valence-corrected chi connectivity index (χ3v) is 3.86. The number of nitrogens with one attached hydrogen (secondary N) is 2. The minimum absolute atomic E-state index is 0.385. The Morgan fingerprint density at radius 2 is 2.43 bits per heavy atom. The molecule has 1 aliphatic rings. The zero-order valence-electron chi connectivity index (χ0n) is 13.2. The van der Waals surface area contributed by atoms with Crippen LogP contribution < -0.4 is 10.6 Å². The summed E-state index contributed by atoms with van der Waals surface area (Å²) in [7, 11) is 0. The van der Waals surface area contributed by atoms with Crippen LogP contribution in [0.2, 0.25) is 0 Å². The van der Waals surface area contributed by atoms with Crippen molar-refractivity contribution in [3.05, 3.63) is 42.2 Å². The van der Waals surface area contributed by atoms with E-state index in [9.17, 15) is 0 Å². The number of aromatic nitrogens is 3. The smallest absolute Gasteiger partial charge is 0.164 e. The first-order valence-corrected chi connectivity index (χ1v) is 7.78. The predicted molar refractivity (Wildman–Crippen MR) is 91.9 cm³/mol. The molecule has 1 atom stereocenters. The average molecular weight is 311 g/mol. The Balaban J connectivity index is 1.86. The molecule has 120 valence electrons. The van der Waals surface area contributed by atoms with E-state index in [1.54, 1.807) is 29.3 Å². The van der Waals surface area contributed by atoms with Crippen LogP contribution in [0, 0.1) is 0 Å². The molecule has 1 fully saturated rings. The molecular weight excluding hydrogens is 290 g/mol. The topological polar surface area (TPSA) is 79.0 Å². The summed E-state index contributed by atoms with van der Waals surface area (Å²) < 4.78 is 1.75. The van der Waals surface area contributed by atoms with Gasteiger partial charge in [0.05, 0.1) is 23.5 Å². The number of piperidine rings is 1. The van der Waals surface area contributed by atoms with Crippen LogP contribution in [0.1, 0.15) is 25.3 Å². The van der Waals surface area contributed by atoms with Gasteiger partial charge in [-0.05, 0) is 39.1 Å². The van der Waals surface area contributed by atoms with Crippen LogP contribution in [0.3, 0.4) is 0 Å². The van der Waals surface area contributed by atoms with E-state index in [1.165, 1.54) is 6.42 Å². The maximum Gasteiger partial charge on any atom is 0.164 e. The number of hydrogen-bond acceptors (Lipinski definition) is 5. The highest BCUT2D eigenvalue weighted by Gasteiger charge is 2.14. The van der Waals surface area contributed by atoms with Crippen molar-refractivity contribution in [2.75, 3.05) is 13.1 Å². The Morgan fingerprint density at radius 3 is 3.17 bits per heavy atom. The molecule has 0 radical (unpaired) electrons. The Labute approximate surface area is 135 Å². The van der Waals surface area contributed by atoms with Gasteiger partial charge in [0.15, 0.2) is 5.84 Å². The maximum atomic E-state index is 4.63. The second-order valence-electron chi connectivity index (χ2n) is 5.42. The lowest BCUT2D eigenvalue weighted by molar-refractivity contribution is 0.413. The van der Waals surface area contributed by atoms with E-state index in [1.807, 2.05) is 13.0 Å². The van der Waals surface area contributed by atoms with Crippen molar-refractivity contribution in [3.8, 4) is 0 Å². The van der Waals surface area contributed by atoms with Gasteiger partial charge in [0.2, 0.25) is 0 Å². The van der Waals surface area contributed by atoms with Gasteiger partial charge in [-0.15, -0.1) is 0 Å². The second kappa shape index (κ2) is 7.15. The van der Waals surface area contributed by atoms with Crippen LogP contribution in [0.5, 0.6) is 0 Å². The van der Waals surface area contributed by atoms with Gasteiger partial charge >= 0.3 is 0 Å². The molecule has 2 aromatic heterocycles. The van der Waals surface area contributed by atoms with Gasteiger partial charge in [-0.2, -0.15) is 5.10 Å². The third kappa shape index (κ3) is 3.45.